The van der Waals surface area contributed by atoms with Crippen molar-refractivity contribution in [3.63, 3.8) is 0 Å². The summed E-state index contributed by atoms with van der Waals surface area (Å²) in [5, 5.41) is 3.49. The minimum atomic E-state index is -4.57. The lowest BCUT2D eigenvalue weighted by Crippen LogP contribution is -2.48. The Morgan fingerprint density at radius 1 is 1.17 bits per heavy atom. The molecule has 2 aromatic heterocycles. The van der Waals surface area contributed by atoms with Gasteiger partial charge in [-0.1, -0.05) is 12.1 Å². The smallest absolute Gasteiger partial charge is 0.335 e. The predicted octanol–water partition coefficient (Wildman–Crippen LogP) is 3.75. The first-order valence-corrected chi connectivity index (χ1v) is 9.84. The molecule has 3 aromatic rings. The molecular weight excluding hydrogens is 408 g/mol. The van der Waals surface area contributed by atoms with E-state index in [2.05, 4.69) is 10.00 Å². The number of nitrogens with zero attached hydrogens (tertiary/aromatic N) is 4. The first-order valence-electron chi connectivity index (χ1n) is 9.02. The number of aromatic nitrogens is 2. The van der Waals surface area contributed by atoms with Crippen molar-refractivity contribution in [1.29, 1.82) is 0 Å². The van der Waals surface area contributed by atoms with E-state index >= 15 is 0 Å². The molecule has 4 rings (SSSR count). The molecular formula is C19H18F4N4OS. The van der Waals surface area contributed by atoms with Crippen LogP contribution in [0, 0.1) is 5.82 Å². The quantitative estimate of drug-likeness (QED) is 0.599. The molecule has 0 atom stereocenters. The van der Waals surface area contributed by atoms with Crippen LogP contribution in [-0.2, 0) is 19.8 Å². The molecule has 0 aliphatic carbocycles. The van der Waals surface area contributed by atoms with Gasteiger partial charge in [-0.3, -0.25) is 14.4 Å². The summed E-state index contributed by atoms with van der Waals surface area (Å²) in [4.78, 5) is 17.2. The second kappa shape index (κ2) is 7.42. The zero-order valence-electron chi connectivity index (χ0n) is 15.5. The fourth-order valence-corrected chi connectivity index (χ4v) is 4.55. The van der Waals surface area contributed by atoms with E-state index in [1.54, 1.807) is 11.0 Å². The number of fused-ring (bicyclic) bond motifs is 1. The Labute approximate surface area is 168 Å². The van der Waals surface area contributed by atoms with Crippen molar-refractivity contribution >= 4 is 27.5 Å². The van der Waals surface area contributed by atoms with E-state index in [0.717, 1.165) is 21.6 Å². The van der Waals surface area contributed by atoms with Crippen LogP contribution in [0.3, 0.4) is 0 Å². The lowest BCUT2D eigenvalue weighted by Gasteiger charge is -2.34. The highest BCUT2D eigenvalue weighted by Gasteiger charge is 2.38. The zero-order chi connectivity index (χ0) is 20.8. The molecule has 0 radical (unpaired) electrons. The first-order chi connectivity index (χ1) is 13.7. The van der Waals surface area contributed by atoms with Crippen LogP contribution in [0.4, 0.5) is 17.6 Å². The summed E-state index contributed by atoms with van der Waals surface area (Å²) in [6, 6.07) is 7.68. The van der Waals surface area contributed by atoms with Gasteiger partial charge in [0.05, 0.1) is 4.88 Å². The summed E-state index contributed by atoms with van der Waals surface area (Å²) in [6.45, 7) is 2.74. The van der Waals surface area contributed by atoms with Gasteiger partial charge in [0, 0.05) is 45.2 Å². The van der Waals surface area contributed by atoms with Crippen LogP contribution in [-0.4, -0.2) is 51.7 Å². The third-order valence-corrected chi connectivity index (χ3v) is 6.14. The maximum absolute atomic E-state index is 13.3. The van der Waals surface area contributed by atoms with Crippen LogP contribution in [0.5, 0.6) is 0 Å². The highest BCUT2D eigenvalue weighted by molar-refractivity contribution is 7.20. The molecule has 0 saturated carbocycles. The number of amides is 1. The van der Waals surface area contributed by atoms with Crippen LogP contribution < -0.4 is 0 Å². The second-order valence-corrected chi connectivity index (χ2v) is 8.03. The third-order valence-electron chi connectivity index (χ3n) is 4.95. The molecule has 29 heavy (non-hydrogen) atoms. The lowest BCUT2D eigenvalue weighted by atomic mass is 10.2. The SMILES string of the molecule is Cn1nc(C(F)(F)F)c2cc(C(=O)N3CCN(Cc4cccc(F)c4)CC3)sc21. The van der Waals surface area contributed by atoms with Gasteiger partial charge in [0.25, 0.3) is 5.91 Å². The highest BCUT2D eigenvalue weighted by Crippen LogP contribution is 2.37. The van der Waals surface area contributed by atoms with E-state index in [1.807, 2.05) is 6.07 Å². The molecule has 0 bridgehead atoms. The summed E-state index contributed by atoms with van der Waals surface area (Å²) in [7, 11) is 1.44. The molecule has 5 nitrogen and oxygen atoms in total. The molecule has 3 heterocycles. The molecule has 0 spiro atoms. The predicted molar refractivity (Wildman–Crippen MR) is 101 cm³/mol. The van der Waals surface area contributed by atoms with Crippen molar-refractivity contribution in [2.45, 2.75) is 12.7 Å². The van der Waals surface area contributed by atoms with Gasteiger partial charge in [0.2, 0.25) is 0 Å². The van der Waals surface area contributed by atoms with Gasteiger partial charge in [-0.15, -0.1) is 11.3 Å². The number of hydrogen-bond donors (Lipinski definition) is 0. The lowest BCUT2D eigenvalue weighted by molar-refractivity contribution is -0.140. The molecule has 1 aliphatic heterocycles. The average Bonchev–Trinajstić information content (AvgIpc) is 3.22. The Kier molecular flexibility index (Phi) is 5.07. The zero-order valence-corrected chi connectivity index (χ0v) is 16.4. The molecule has 0 unspecified atom stereocenters. The van der Waals surface area contributed by atoms with Gasteiger partial charge in [-0.05, 0) is 23.8 Å². The second-order valence-electron chi connectivity index (χ2n) is 7.00. The number of alkyl halides is 3. The molecule has 1 amide bonds. The summed E-state index contributed by atoms with van der Waals surface area (Å²) >= 11 is 1.02. The third kappa shape index (κ3) is 3.99. The standard InChI is InChI=1S/C19H18F4N4OS/c1-25-18-14(16(24-25)19(21,22)23)10-15(29-18)17(28)27-7-5-26(6-8-27)11-12-3-2-4-13(20)9-12/h2-4,9-10H,5-8,11H2,1H3. The average molecular weight is 426 g/mol. The van der Waals surface area contributed by atoms with Gasteiger partial charge >= 0.3 is 6.18 Å². The minimum Gasteiger partial charge on any atom is -0.335 e. The largest absolute Gasteiger partial charge is 0.435 e. The minimum absolute atomic E-state index is 0.0434. The molecule has 0 N–H and O–H groups in total. The maximum Gasteiger partial charge on any atom is 0.435 e. The van der Waals surface area contributed by atoms with Gasteiger partial charge in [0.15, 0.2) is 5.69 Å². The Bertz CT molecular complexity index is 1050. The van der Waals surface area contributed by atoms with Gasteiger partial charge in [-0.2, -0.15) is 18.3 Å². The van der Waals surface area contributed by atoms with Gasteiger partial charge in [-0.25, -0.2) is 4.39 Å². The highest BCUT2D eigenvalue weighted by atomic mass is 32.1. The Balaban J connectivity index is 1.44. The molecule has 1 fully saturated rings. The van der Waals surface area contributed by atoms with Crippen LogP contribution in [0.2, 0.25) is 0 Å². The van der Waals surface area contributed by atoms with Crippen molar-refractivity contribution < 1.29 is 22.4 Å². The number of thiophene rings is 1. The summed E-state index contributed by atoms with van der Waals surface area (Å²) < 4.78 is 53.9. The summed E-state index contributed by atoms with van der Waals surface area (Å²) in [6.07, 6.45) is -4.57. The van der Waals surface area contributed by atoms with Crippen molar-refractivity contribution in [2.24, 2.45) is 7.05 Å². The van der Waals surface area contributed by atoms with E-state index in [0.29, 0.717) is 37.6 Å². The fourth-order valence-electron chi connectivity index (χ4n) is 3.51. The Hall–Kier alpha value is -2.46. The summed E-state index contributed by atoms with van der Waals surface area (Å²) in [5.41, 5.74) is -0.105. The van der Waals surface area contributed by atoms with Crippen molar-refractivity contribution in [2.75, 3.05) is 26.2 Å². The number of piperazine rings is 1. The fraction of sp³-hybridized carbons (Fsp3) is 0.368. The first kappa shape index (κ1) is 19.8. The maximum atomic E-state index is 13.3. The van der Waals surface area contributed by atoms with Crippen molar-refractivity contribution in [1.82, 2.24) is 19.6 Å². The topological polar surface area (TPSA) is 41.4 Å². The Morgan fingerprint density at radius 2 is 1.90 bits per heavy atom. The van der Waals surface area contributed by atoms with Crippen LogP contribution in [0.1, 0.15) is 20.9 Å². The molecule has 10 heteroatoms. The van der Waals surface area contributed by atoms with E-state index in [4.69, 9.17) is 0 Å². The van der Waals surface area contributed by atoms with E-state index in [9.17, 15) is 22.4 Å². The molecule has 1 saturated heterocycles. The number of rotatable bonds is 3. The number of benzene rings is 1. The van der Waals surface area contributed by atoms with Crippen LogP contribution in [0.15, 0.2) is 30.3 Å². The number of halogens is 4. The van der Waals surface area contributed by atoms with E-state index < -0.39 is 11.9 Å². The number of carbonyl (C=O) groups is 1. The van der Waals surface area contributed by atoms with E-state index in [1.165, 1.54) is 25.2 Å². The van der Waals surface area contributed by atoms with Gasteiger partial charge < -0.3 is 4.90 Å². The number of aryl methyl sites for hydroxylation is 1. The van der Waals surface area contributed by atoms with E-state index in [-0.39, 0.29) is 22.0 Å². The molecule has 1 aromatic carbocycles. The normalized spacial score (nSPS) is 16.0. The Morgan fingerprint density at radius 3 is 2.55 bits per heavy atom. The van der Waals surface area contributed by atoms with Crippen LogP contribution >= 0.6 is 11.3 Å². The number of hydrogen-bond acceptors (Lipinski definition) is 4. The number of carbonyl (C=O) groups excluding carboxylic acids is 1. The van der Waals surface area contributed by atoms with Crippen LogP contribution in [0.25, 0.3) is 10.2 Å². The van der Waals surface area contributed by atoms with Crippen molar-refractivity contribution in [3.8, 4) is 0 Å². The van der Waals surface area contributed by atoms with Crippen molar-refractivity contribution in [3.05, 3.63) is 52.3 Å². The van der Waals surface area contributed by atoms with Gasteiger partial charge in [0.1, 0.15) is 10.6 Å². The molecule has 1 aliphatic rings. The monoisotopic (exact) mass is 426 g/mol. The summed E-state index contributed by atoms with van der Waals surface area (Å²) in [5.74, 6) is -0.557. The molecule has 154 valence electrons.